The maximum absolute atomic E-state index is 12.1. The van der Waals surface area contributed by atoms with Gasteiger partial charge in [-0.3, -0.25) is 4.79 Å². The third kappa shape index (κ3) is 4.75. The number of rotatable bonds is 7. The molecule has 1 heterocycles. The zero-order valence-corrected chi connectivity index (χ0v) is 16.6. The number of carbonyl (C=O) groups is 1. The number of hydrogen-bond donors (Lipinski definition) is 1. The highest BCUT2D eigenvalue weighted by Gasteiger charge is 2.11. The number of benzene rings is 3. The van der Waals surface area contributed by atoms with Crippen molar-refractivity contribution in [3.63, 3.8) is 0 Å². The van der Waals surface area contributed by atoms with Gasteiger partial charge in [-0.05, 0) is 47.2 Å². The Morgan fingerprint density at radius 1 is 1.03 bits per heavy atom. The summed E-state index contributed by atoms with van der Waals surface area (Å²) in [4.78, 5) is 12.1. The van der Waals surface area contributed by atoms with Crippen molar-refractivity contribution in [2.24, 2.45) is 0 Å². The average molecular weight is 405 g/mol. The van der Waals surface area contributed by atoms with Crippen LogP contribution >= 0.6 is 11.8 Å². The Balaban J connectivity index is 1.31. The fourth-order valence-electron chi connectivity index (χ4n) is 2.84. The number of thioether (sulfide) groups is 1. The molecule has 3 aromatic carbocycles. The van der Waals surface area contributed by atoms with E-state index in [1.807, 2.05) is 36.4 Å². The molecule has 0 aliphatic rings. The maximum Gasteiger partial charge on any atom is 0.276 e. The van der Waals surface area contributed by atoms with Crippen molar-refractivity contribution in [1.29, 1.82) is 0 Å². The summed E-state index contributed by atoms with van der Waals surface area (Å²) in [7, 11) is 1.60. The van der Waals surface area contributed by atoms with Gasteiger partial charge in [0.2, 0.25) is 11.8 Å². The molecule has 0 atom stereocenters. The summed E-state index contributed by atoms with van der Waals surface area (Å²) in [5.74, 6) is 1.69. The summed E-state index contributed by atoms with van der Waals surface area (Å²) < 4.78 is 10.8. The lowest BCUT2D eigenvalue weighted by molar-refractivity contribution is -0.115. The molecule has 0 saturated heterocycles. The van der Waals surface area contributed by atoms with Crippen molar-refractivity contribution < 1.29 is 13.9 Å². The van der Waals surface area contributed by atoms with Crippen LogP contribution in [0.2, 0.25) is 0 Å². The molecule has 0 spiro atoms. The third-order valence-electron chi connectivity index (χ3n) is 4.33. The zero-order chi connectivity index (χ0) is 20.1. The van der Waals surface area contributed by atoms with Crippen LogP contribution in [0.1, 0.15) is 6.42 Å². The predicted molar refractivity (Wildman–Crippen MR) is 114 cm³/mol. The maximum atomic E-state index is 12.1. The topological polar surface area (TPSA) is 77.2 Å². The first-order valence-corrected chi connectivity index (χ1v) is 10.1. The molecule has 0 unspecified atom stereocenters. The summed E-state index contributed by atoms with van der Waals surface area (Å²) in [5, 5.41) is 13.8. The minimum absolute atomic E-state index is 0.0723. The molecule has 0 aliphatic carbocycles. The summed E-state index contributed by atoms with van der Waals surface area (Å²) in [6, 6.07) is 21.4. The van der Waals surface area contributed by atoms with E-state index in [0.29, 0.717) is 23.3 Å². The lowest BCUT2D eigenvalue weighted by Crippen LogP contribution is -2.12. The lowest BCUT2D eigenvalue weighted by Gasteiger charge is -2.05. The molecule has 29 heavy (non-hydrogen) atoms. The molecule has 1 amide bonds. The van der Waals surface area contributed by atoms with Gasteiger partial charge in [-0.25, -0.2) is 0 Å². The quantitative estimate of drug-likeness (QED) is 0.435. The average Bonchev–Trinajstić information content (AvgIpc) is 3.23. The Kier molecular flexibility index (Phi) is 5.76. The molecular weight excluding hydrogens is 386 g/mol. The van der Waals surface area contributed by atoms with Crippen LogP contribution in [0.25, 0.3) is 22.2 Å². The Hall–Kier alpha value is -3.32. The molecular formula is C22H19N3O3S. The molecule has 4 rings (SSSR count). The van der Waals surface area contributed by atoms with E-state index in [9.17, 15) is 4.79 Å². The highest BCUT2D eigenvalue weighted by atomic mass is 32.2. The minimum atomic E-state index is -0.0723. The summed E-state index contributed by atoms with van der Waals surface area (Å²) in [5.41, 5.74) is 1.61. The third-order valence-corrected chi connectivity index (χ3v) is 5.15. The van der Waals surface area contributed by atoms with Gasteiger partial charge in [0.15, 0.2) is 0 Å². The van der Waals surface area contributed by atoms with Gasteiger partial charge >= 0.3 is 0 Å². The van der Waals surface area contributed by atoms with E-state index in [1.54, 1.807) is 31.4 Å². The van der Waals surface area contributed by atoms with Gasteiger partial charge in [0.05, 0.1) is 7.11 Å². The molecule has 6 nitrogen and oxygen atoms in total. The van der Waals surface area contributed by atoms with E-state index in [1.165, 1.54) is 11.8 Å². The van der Waals surface area contributed by atoms with E-state index in [-0.39, 0.29) is 5.91 Å². The smallest absolute Gasteiger partial charge is 0.276 e. The molecule has 1 aromatic heterocycles. The number of amides is 1. The lowest BCUT2D eigenvalue weighted by atomic mass is 10.1. The van der Waals surface area contributed by atoms with Crippen molar-refractivity contribution in [3.05, 3.63) is 66.7 Å². The van der Waals surface area contributed by atoms with Gasteiger partial charge in [0.1, 0.15) is 5.75 Å². The molecule has 0 saturated carbocycles. The van der Waals surface area contributed by atoms with Gasteiger partial charge < -0.3 is 14.5 Å². The second-order valence-corrected chi connectivity index (χ2v) is 7.36. The SMILES string of the molecule is COc1ccc(NC(=O)CCSc2nnc(-c3ccc4ccccc4c3)o2)cc1. The first kappa shape index (κ1) is 19.0. The van der Waals surface area contributed by atoms with E-state index in [0.717, 1.165) is 27.8 Å². The van der Waals surface area contributed by atoms with Crippen molar-refractivity contribution in [1.82, 2.24) is 10.2 Å². The number of anilines is 1. The highest BCUT2D eigenvalue weighted by molar-refractivity contribution is 7.99. The molecule has 146 valence electrons. The molecule has 0 aliphatic heterocycles. The number of fused-ring (bicyclic) bond motifs is 1. The number of methoxy groups -OCH3 is 1. The van der Waals surface area contributed by atoms with E-state index in [2.05, 4.69) is 21.6 Å². The van der Waals surface area contributed by atoms with Gasteiger partial charge in [-0.1, -0.05) is 42.1 Å². The van der Waals surface area contributed by atoms with E-state index < -0.39 is 0 Å². The van der Waals surface area contributed by atoms with Crippen LogP contribution in [0.15, 0.2) is 76.4 Å². The Labute approximate surface area is 172 Å². The standard InChI is InChI=1S/C22H19N3O3S/c1-27-19-10-8-18(9-11-19)23-20(26)12-13-29-22-25-24-21(28-22)17-7-6-15-4-2-3-5-16(15)14-17/h2-11,14H,12-13H2,1H3,(H,23,26). The fraction of sp³-hybridized carbons (Fsp3) is 0.136. The number of ether oxygens (including phenoxy) is 1. The molecule has 7 heteroatoms. The Morgan fingerprint density at radius 2 is 1.83 bits per heavy atom. The van der Waals surface area contributed by atoms with Crippen molar-refractivity contribution in [2.45, 2.75) is 11.6 Å². The van der Waals surface area contributed by atoms with Gasteiger partial charge in [0, 0.05) is 23.4 Å². The van der Waals surface area contributed by atoms with Crippen LogP contribution < -0.4 is 10.1 Å². The minimum Gasteiger partial charge on any atom is -0.497 e. The second-order valence-electron chi connectivity index (χ2n) is 6.31. The first-order valence-electron chi connectivity index (χ1n) is 9.11. The number of hydrogen-bond acceptors (Lipinski definition) is 6. The summed E-state index contributed by atoms with van der Waals surface area (Å²) in [6.07, 6.45) is 0.338. The highest BCUT2D eigenvalue weighted by Crippen LogP contribution is 2.26. The molecule has 0 fully saturated rings. The largest absolute Gasteiger partial charge is 0.497 e. The molecule has 1 N–H and O–H groups in total. The van der Waals surface area contributed by atoms with Gasteiger partial charge in [0.25, 0.3) is 5.22 Å². The van der Waals surface area contributed by atoms with Crippen LogP contribution in [0.4, 0.5) is 5.69 Å². The van der Waals surface area contributed by atoms with Gasteiger partial charge in [-0.15, -0.1) is 10.2 Å². The molecule has 4 aromatic rings. The van der Waals surface area contributed by atoms with E-state index >= 15 is 0 Å². The monoisotopic (exact) mass is 405 g/mol. The van der Waals surface area contributed by atoms with Crippen LogP contribution in [0, 0.1) is 0 Å². The molecule has 0 radical (unpaired) electrons. The first-order chi connectivity index (χ1) is 14.2. The zero-order valence-electron chi connectivity index (χ0n) is 15.8. The van der Waals surface area contributed by atoms with Crippen molar-refractivity contribution >= 4 is 34.1 Å². The van der Waals surface area contributed by atoms with Crippen molar-refractivity contribution in [2.75, 3.05) is 18.2 Å². The van der Waals surface area contributed by atoms with Crippen LogP contribution in [-0.4, -0.2) is 29.0 Å². The summed E-state index contributed by atoms with van der Waals surface area (Å²) >= 11 is 1.36. The van der Waals surface area contributed by atoms with Crippen molar-refractivity contribution in [3.8, 4) is 17.2 Å². The van der Waals surface area contributed by atoms with Crippen LogP contribution in [-0.2, 0) is 4.79 Å². The van der Waals surface area contributed by atoms with Crippen LogP contribution in [0.5, 0.6) is 5.75 Å². The Morgan fingerprint density at radius 3 is 2.62 bits per heavy atom. The number of carbonyl (C=O) groups excluding carboxylic acids is 1. The van der Waals surface area contributed by atoms with Gasteiger partial charge in [-0.2, -0.15) is 0 Å². The van der Waals surface area contributed by atoms with E-state index in [4.69, 9.17) is 9.15 Å². The number of nitrogens with zero attached hydrogens (tertiary/aromatic N) is 2. The Bertz CT molecular complexity index is 1130. The van der Waals surface area contributed by atoms with Crippen LogP contribution in [0.3, 0.4) is 0 Å². The fourth-order valence-corrected chi connectivity index (χ4v) is 3.53. The number of nitrogens with one attached hydrogen (secondary N) is 1. The normalized spacial score (nSPS) is 10.8. The molecule has 0 bridgehead atoms. The second kappa shape index (κ2) is 8.79. The summed E-state index contributed by atoms with van der Waals surface area (Å²) in [6.45, 7) is 0. The predicted octanol–water partition coefficient (Wildman–Crippen LogP) is 5.02. The number of aromatic nitrogens is 2.